The van der Waals surface area contributed by atoms with Gasteiger partial charge in [0.1, 0.15) is 0 Å². The van der Waals surface area contributed by atoms with Gasteiger partial charge in [-0.15, -0.1) is 11.6 Å². The molecule has 0 saturated heterocycles. The number of alkyl halides is 1. The zero-order valence-corrected chi connectivity index (χ0v) is 12.9. The smallest absolute Gasteiger partial charge is 0.171 e. The lowest BCUT2D eigenvalue weighted by Gasteiger charge is -2.24. The predicted molar refractivity (Wildman–Crippen MR) is 85.4 cm³/mol. The molecule has 2 aromatic rings. The van der Waals surface area contributed by atoms with Crippen molar-refractivity contribution in [3.63, 3.8) is 0 Å². The van der Waals surface area contributed by atoms with Crippen molar-refractivity contribution < 1.29 is 4.79 Å². The molecule has 2 aliphatic carbocycles. The lowest BCUT2D eigenvalue weighted by atomic mass is 9.78. The molecule has 1 nitrogen and oxygen atoms in total. The fraction of sp³-hybridized carbons (Fsp3) is 0.278. The number of hydrogen-bond acceptors (Lipinski definition) is 1. The van der Waals surface area contributed by atoms with Gasteiger partial charge in [0.25, 0.3) is 0 Å². The van der Waals surface area contributed by atoms with Crippen molar-refractivity contribution in [1.29, 1.82) is 0 Å². The first-order valence-electron chi connectivity index (χ1n) is 7.17. The molecule has 0 radical (unpaired) electrons. The quantitative estimate of drug-likeness (QED) is 0.687. The van der Waals surface area contributed by atoms with E-state index in [1.807, 2.05) is 48.5 Å². The van der Waals surface area contributed by atoms with Crippen molar-refractivity contribution in [2.45, 2.75) is 24.1 Å². The maximum absolute atomic E-state index is 13.0. The molecule has 0 aliphatic heterocycles. The number of rotatable bonds is 1. The van der Waals surface area contributed by atoms with Crippen LogP contribution in [-0.4, -0.2) is 11.2 Å². The maximum Gasteiger partial charge on any atom is 0.171 e. The van der Waals surface area contributed by atoms with Gasteiger partial charge in [0.05, 0.1) is 10.8 Å². The number of hydrogen-bond donors (Lipinski definition) is 0. The molecule has 0 amide bonds. The standard InChI is InChI=1S/C18H14Cl2O/c19-13-7-5-12(6-8-13)15-16(20)18(15)10-9-11-3-1-2-4-14(11)17(18)21/h1-8,15-16H,9-10H2/t15-,16+,18+/m0/s1. The summed E-state index contributed by atoms with van der Waals surface area (Å²) in [6, 6.07) is 15.6. The Balaban J connectivity index is 1.74. The highest BCUT2D eigenvalue weighted by molar-refractivity contribution is 6.30. The van der Waals surface area contributed by atoms with Crippen molar-refractivity contribution >= 4 is 29.0 Å². The fourth-order valence-electron chi connectivity index (χ4n) is 3.76. The molecule has 1 spiro atoms. The second kappa shape index (κ2) is 4.59. The van der Waals surface area contributed by atoms with Crippen molar-refractivity contribution in [3.8, 4) is 0 Å². The van der Waals surface area contributed by atoms with Crippen LogP contribution in [0.1, 0.15) is 33.8 Å². The van der Waals surface area contributed by atoms with Gasteiger partial charge in [0.15, 0.2) is 5.78 Å². The Morgan fingerprint density at radius 2 is 1.76 bits per heavy atom. The first-order valence-corrected chi connectivity index (χ1v) is 7.98. The van der Waals surface area contributed by atoms with Gasteiger partial charge in [0.2, 0.25) is 0 Å². The molecule has 21 heavy (non-hydrogen) atoms. The van der Waals surface area contributed by atoms with Crippen LogP contribution in [0.3, 0.4) is 0 Å². The zero-order chi connectivity index (χ0) is 14.6. The molecule has 0 N–H and O–H groups in total. The minimum Gasteiger partial charge on any atom is -0.293 e. The average Bonchev–Trinajstić information content (AvgIpc) is 3.10. The third-order valence-electron chi connectivity index (χ3n) is 4.95. The number of Topliss-reactive ketones (excluding diaryl/α,β-unsaturated/α-hetero) is 1. The lowest BCUT2D eigenvalue weighted by molar-refractivity contribution is 0.0875. The molecule has 2 aromatic carbocycles. The van der Waals surface area contributed by atoms with Gasteiger partial charge >= 0.3 is 0 Å². The van der Waals surface area contributed by atoms with Gasteiger partial charge in [0, 0.05) is 16.5 Å². The van der Waals surface area contributed by atoms with Crippen LogP contribution < -0.4 is 0 Å². The van der Waals surface area contributed by atoms with Crippen LogP contribution in [0, 0.1) is 5.41 Å². The van der Waals surface area contributed by atoms with Crippen LogP contribution >= 0.6 is 23.2 Å². The summed E-state index contributed by atoms with van der Waals surface area (Å²) in [5.74, 6) is 0.321. The number of benzene rings is 2. The summed E-state index contributed by atoms with van der Waals surface area (Å²) >= 11 is 12.5. The summed E-state index contributed by atoms with van der Waals surface area (Å²) in [4.78, 5) is 13.0. The van der Waals surface area contributed by atoms with Crippen LogP contribution in [0.2, 0.25) is 5.02 Å². The Labute approximate surface area is 133 Å². The zero-order valence-electron chi connectivity index (χ0n) is 11.4. The van der Waals surface area contributed by atoms with E-state index in [0.717, 1.165) is 29.5 Å². The van der Waals surface area contributed by atoms with E-state index in [4.69, 9.17) is 23.2 Å². The molecule has 1 fully saturated rings. The van der Waals surface area contributed by atoms with Gasteiger partial charge in [-0.1, -0.05) is 48.0 Å². The van der Waals surface area contributed by atoms with E-state index in [2.05, 4.69) is 0 Å². The molecule has 2 aliphatic rings. The molecule has 0 unspecified atom stereocenters. The van der Waals surface area contributed by atoms with Gasteiger partial charge in [-0.3, -0.25) is 4.79 Å². The number of fused-ring (bicyclic) bond motifs is 1. The molecule has 3 atom stereocenters. The fourth-order valence-corrected chi connectivity index (χ4v) is 4.52. The summed E-state index contributed by atoms with van der Waals surface area (Å²) in [6.45, 7) is 0. The number of carbonyl (C=O) groups excluding carboxylic acids is 1. The van der Waals surface area contributed by atoms with E-state index in [1.165, 1.54) is 0 Å². The van der Waals surface area contributed by atoms with Crippen molar-refractivity contribution in [2.75, 3.05) is 0 Å². The predicted octanol–water partition coefficient (Wildman–Crippen LogP) is 4.86. The van der Waals surface area contributed by atoms with Crippen LogP contribution in [0.15, 0.2) is 48.5 Å². The minimum atomic E-state index is -0.413. The molecular weight excluding hydrogens is 303 g/mol. The maximum atomic E-state index is 13.0. The first-order chi connectivity index (χ1) is 10.1. The highest BCUT2D eigenvalue weighted by Gasteiger charge is 2.69. The first kappa shape index (κ1) is 13.4. The van der Waals surface area contributed by atoms with Crippen molar-refractivity contribution in [1.82, 2.24) is 0 Å². The van der Waals surface area contributed by atoms with Gasteiger partial charge in [-0.25, -0.2) is 0 Å². The molecule has 0 aromatic heterocycles. The highest BCUT2D eigenvalue weighted by Crippen LogP contribution is 2.67. The Hall–Kier alpha value is -1.31. The second-order valence-corrected chi connectivity index (χ2v) is 6.86. The van der Waals surface area contributed by atoms with Crippen molar-refractivity contribution in [3.05, 3.63) is 70.2 Å². The van der Waals surface area contributed by atoms with E-state index in [-0.39, 0.29) is 17.1 Å². The summed E-state index contributed by atoms with van der Waals surface area (Å²) in [5, 5.41) is 0.597. The summed E-state index contributed by atoms with van der Waals surface area (Å²) in [6.07, 6.45) is 1.76. The third kappa shape index (κ3) is 1.81. The van der Waals surface area contributed by atoms with E-state index in [1.54, 1.807) is 0 Å². The minimum absolute atomic E-state index is 0.109. The Kier molecular flexibility index (Phi) is 2.92. The molecule has 0 bridgehead atoms. The largest absolute Gasteiger partial charge is 0.293 e. The van der Waals surface area contributed by atoms with Crippen LogP contribution in [0.25, 0.3) is 0 Å². The molecule has 4 rings (SSSR count). The Morgan fingerprint density at radius 1 is 1.05 bits per heavy atom. The Morgan fingerprint density at radius 3 is 2.52 bits per heavy atom. The number of carbonyl (C=O) groups is 1. The third-order valence-corrected chi connectivity index (χ3v) is 5.85. The molecule has 106 valence electrons. The van der Waals surface area contributed by atoms with Gasteiger partial charge in [-0.2, -0.15) is 0 Å². The monoisotopic (exact) mass is 316 g/mol. The van der Waals surface area contributed by atoms with Crippen LogP contribution in [-0.2, 0) is 6.42 Å². The molecule has 0 heterocycles. The SMILES string of the molecule is O=C1c2ccccc2CC[C@@]12[C@H](Cl)[C@@H]2c1ccc(Cl)cc1. The van der Waals surface area contributed by atoms with E-state index >= 15 is 0 Å². The van der Waals surface area contributed by atoms with E-state index < -0.39 is 5.41 Å². The molecule has 3 heteroatoms. The summed E-state index contributed by atoms with van der Waals surface area (Å²) in [5.41, 5.74) is 2.71. The number of halogens is 2. The highest BCUT2D eigenvalue weighted by atomic mass is 35.5. The summed E-state index contributed by atoms with van der Waals surface area (Å²) in [7, 11) is 0. The average molecular weight is 317 g/mol. The Bertz CT molecular complexity index is 722. The van der Waals surface area contributed by atoms with Crippen molar-refractivity contribution in [2.24, 2.45) is 5.41 Å². The van der Waals surface area contributed by atoms with E-state index in [9.17, 15) is 4.79 Å². The summed E-state index contributed by atoms with van der Waals surface area (Å²) < 4.78 is 0. The van der Waals surface area contributed by atoms with Gasteiger partial charge in [-0.05, 0) is 36.1 Å². The lowest BCUT2D eigenvalue weighted by Crippen LogP contribution is -2.27. The van der Waals surface area contributed by atoms with Gasteiger partial charge < -0.3 is 0 Å². The normalized spacial score (nSPS) is 30.3. The molecular formula is C18H14Cl2O. The number of ketones is 1. The number of aryl methyl sites for hydroxylation is 1. The second-order valence-electron chi connectivity index (χ2n) is 5.96. The van der Waals surface area contributed by atoms with Crippen LogP contribution in [0.5, 0.6) is 0 Å². The topological polar surface area (TPSA) is 17.1 Å². The molecule has 1 saturated carbocycles. The van der Waals surface area contributed by atoms with E-state index in [0.29, 0.717) is 5.02 Å². The van der Waals surface area contributed by atoms with Crippen LogP contribution in [0.4, 0.5) is 0 Å².